The molecule has 3 heterocycles. The standard InChI is InChI=1S/C33H43N5O4/c1-5-7-18-36(19-8-6-2)20-11-17-34-30(39)25-12-9-10-13-28(25)38-31(40)33(3)29-24(16-21-37(33)32(38)41)26-22-23(42-4)14-15-27(26)35-29/h9-10,12-15,22,35H,5-8,11,16-21H2,1-4H3,(H,34,39). The Morgan fingerprint density at radius 3 is 2.48 bits per heavy atom. The second kappa shape index (κ2) is 12.6. The highest BCUT2D eigenvalue weighted by molar-refractivity contribution is 6.25. The first-order valence-electron chi connectivity index (χ1n) is 15.3. The van der Waals surface area contributed by atoms with Gasteiger partial charge < -0.3 is 24.8 Å². The number of unbranched alkanes of at least 4 members (excludes halogenated alkanes) is 2. The number of urea groups is 1. The molecule has 9 heteroatoms. The minimum atomic E-state index is -1.21. The van der Waals surface area contributed by atoms with Crippen LogP contribution in [0.5, 0.6) is 5.75 Å². The van der Waals surface area contributed by atoms with Crippen LogP contribution in [0, 0.1) is 0 Å². The first-order valence-corrected chi connectivity index (χ1v) is 15.3. The second-order valence-electron chi connectivity index (χ2n) is 11.5. The molecule has 2 aliphatic heterocycles. The summed E-state index contributed by atoms with van der Waals surface area (Å²) >= 11 is 0. The molecule has 3 aromatic rings. The van der Waals surface area contributed by atoms with Crippen molar-refractivity contribution in [3.05, 3.63) is 59.3 Å². The van der Waals surface area contributed by atoms with Crippen LogP contribution in [0.2, 0.25) is 0 Å². The summed E-state index contributed by atoms with van der Waals surface area (Å²) in [6.45, 7) is 10.2. The molecule has 0 saturated carbocycles. The minimum Gasteiger partial charge on any atom is -0.497 e. The van der Waals surface area contributed by atoms with Crippen LogP contribution in [0.25, 0.3) is 10.9 Å². The van der Waals surface area contributed by atoms with Gasteiger partial charge in [-0.25, -0.2) is 9.69 Å². The van der Waals surface area contributed by atoms with Gasteiger partial charge in [0.15, 0.2) is 5.54 Å². The number of anilines is 1. The Labute approximate surface area is 248 Å². The fourth-order valence-electron chi connectivity index (χ4n) is 6.32. The van der Waals surface area contributed by atoms with Gasteiger partial charge in [-0.2, -0.15) is 0 Å². The van der Waals surface area contributed by atoms with Gasteiger partial charge in [-0.15, -0.1) is 0 Å². The third-order valence-electron chi connectivity index (χ3n) is 8.75. The smallest absolute Gasteiger partial charge is 0.332 e. The third-order valence-corrected chi connectivity index (χ3v) is 8.75. The fraction of sp³-hybridized carbons (Fsp3) is 0.485. The molecule has 0 radical (unpaired) electrons. The average Bonchev–Trinajstić information content (AvgIpc) is 3.48. The molecule has 2 N–H and O–H groups in total. The molecule has 0 aliphatic carbocycles. The van der Waals surface area contributed by atoms with Gasteiger partial charge in [0.2, 0.25) is 0 Å². The van der Waals surface area contributed by atoms with Crippen molar-refractivity contribution in [2.45, 2.75) is 64.8 Å². The molecule has 0 spiro atoms. The molecule has 2 aliphatic rings. The Hall–Kier alpha value is -3.85. The molecule has 1 saturated heterocycles. The lowest BCUT2D eigenvalue weighted by molar-refractivity contribution is -0.125. The number of ether oxygens (including phenoxy) is 1. The highest BCUT2D eigenvalue weighted by Crippen LogP contribution is 2.46. The third kappa shape index (κ3) is 5.26. The molecule has 5 rings (SSSR count). The zero-order chi connectivity index (χ0) is 29.9. The molecule has 1 atom stereocenters. The summed E-state index contributed by atoms with van der Waals surface area (Å²) in [5, 5.41) is 4.02. The molecule has 1 fully saturated rings. The van der Waals surface area contributed by atoms with Gasteiger partial charge in [-0.3, -0.25) is 9.59 Å². The van der Waals surface area contributed by atoms with Gasteiger partial charge in [0.05, 0.1) is 24.1 Å². The Morgan fingerprint density at radius 2 is 1.76 bits per heavy atom. The normalized spacial score (nSPS) is 18.1. The summed E-state index contributed by atoms with van der Waals surface area (Å²) in [7, 11) is 1.63. The van der Waals surface area contributed by atoms with Crippen LogP contribution >= 0.6 is 0 Å². The maximum Gasteiger partial charge on any atom is 0.332 e. The van der Waals surface area contributed by atoms with Gasteiger partial charge >= 0.3 is 6.03 Å². The Morgan fingerprint density at radius 1 is 1.05 bits per heavy atom. The number of hydrogen-bond donors (Lipinski definition) is 2. The van der Waals surface area contributed by atoms with Crippen LogP contribution in [0.1, 0.15) is 74.5 Å². The van der Waals surface area contributed by atoms with Crippen molar-refractivity contribution in [3.8, 4) is 5.75 Å². The van der Waals surface area contributed by atoms with Crippen molar-refractivity contribution in [1.29, 1.82) is 0 Å². The largest absolute Gasteiger partial charge is 0.497 e. The lowest BCUT2D eigenvalue weighted by atomic mass is 9.87. The molecule has 2 aromatic carbocycles. The topological polar surface area (TPSA) is 98.0 Å². The number of carbonyl (C=O) groups is 3. The number of aromatic nitrogens is 1. The Balaban J connectivity index is 1.35. The van der Waals surface area contributed by atoms with Gasteiger partial charge in [-0.1, -0.05) is 38.8 Å². The number of aromatic amines is 1. The van der Waals surface area contributed by atoms with Crippen LogP contribution in [-0.4, -0.2) is 72.5 Å². The van der Waals surface area contributed by atoms with E-state index in [0.717, 1.165) is 66.8 Å². The van der Waals surface area contributed by atoms with E-state index in [9.17, 15) is 14.4 Å². The maximum atomic E-state index is 14.2. The number of nitrogens with zero attached hydrogens (tertiary/aromatic N) is 3. The maximum absolute atomic E-state index is 14.2. The first-order chi connectivity index (χ1) is 20.3. The van der Waals surface area contributed by atoms with Gasteiger partial charge in [-0.05, 0) is 88.1 Å². The van der Waals surface area contributed by atoms with Crippen molar-refractivity contribution < 1.29 is 19.1 Å². The number of H-pyrrole nitrogens is 1. The second-order valence-corrected chi connectivity index (χ2v) is 11.5. The highest BCUT2D eigenvalue weighted by atomic mass is 16.5. The average molecular weight is 574 g/mol. The zero-order valence-electron chi connectivity index (χ0n) is 25.3. The number of fused-ring (bicyclic) bond motifs is 5. The van der Waals surface area contributed by atoms with E-state index in [-0.39, 0.29) is 11.8 Å². The van der Waals surface area contributed by atoms with Crippen molar-refractivity contribution in [1.82, 2.24) is 20.1 Å². The van der Waals surface area contributed by atoms with Crippen molar-refractivity contribution >= 4 is 34.4 Å². The van der Waals surface area contributed by atoms with Crippen LogP contribution in [0.15, 0.2) is 42.5 Å². The number of methoxy groups -OCH3 is 1. The molecule has 1 aromatic heterocycles. The summed E-state index contributed by atoms with van der Waals surface area (Å²) < 4.78 is 5.43. The van der Waals surface area contributed by atoms with Crippen LogP contribution in [0.3, 0.4) is 0 Å². The summed E-state index contributed by atoms with van der Waals surface area (Å²) in [4.78, 5) is 50.1. The summed E-state index contributed by atoms with van der Waals surface area (Å²) in [6.07, 6.45) is 6.12. The van der Waals surface area contributed by atoms with E-state index in [1.54, 1.807) is 43.2 Å². The van der Waals surface area contributed by atoms with Gasteiger partial charge in [0.1, 0.15) is 5.75 Å². The lowest BCUT2D eigenvalue weighted by Crippen LogP contribution is -2.49. The van der Waals surface area contributed by atoms with Crippen molar-refractivity contribution in [2.24, 2.45) is 0 Å². The molecule has 224 valence electrons. The SMILES string of the molecule is CCCCN(CCCC)CCCNC(=O)c1ccccc1N1C(=O)N2CCc3c([nH]c4ccc(OC)cc34)C2(C)C1=O. The molecular weight excluding hydrogens is 530 g/mol. The molecule has 9 nitrogen and oxygen atoms in total. The number of benzene rings is 2. The van der Waals surface area contributed by atoms with E-state index in [2.05, 4.69) is 29.0 Å². The number of amides is 4. The monoisotopic (exact) mass is 573 g/mol. The van der Waals surface area contributed by atoms with E-state index in [1.807, 2.05) is 18.2 Å². The number of rotatable bonds is 13. The van der Waals surface area contributed by atoms with Gasteiger partial charge in [0.25, 0.3) is 11.8 Å². The van der Waals surface area contributed by atoms with E-state index >= 15 is 0 Å². The van der Waals surface area contributed by atoms with Crippen LogP contribution in [0.4, 0.5) is 10.5 Å². The molecule has 4 amide bonds. The summed E-state index contributed by atoms with van der Waals surface area (Å²) in [5.74, 6) is 0.0879. The van der Waals surface area contributed by atoms with Crippen molar-refractivity contribution in [3.63, 3.8) is 0 Å². The number of hydrogen-bond acceptors (Lipinski definition) is 5. The van der Waals surface area contributed by atoms with E-state index in [1.165, 1.54) is 17.7 Å². The predicted octanol–water partition coefficient (Wildman–Crippen LogP) is 5.44. The number of carbonyl (C=O) groups excluding carboxylic acids is 3. The fourth-order valence-corrected chi connectivity index (χ4v) is 6.32. The molecular formula is C33H43N5O4. The quantitative estimate of drug-likeness (QED) is 0.210. The van der Waals surface area contributed by atoms with E-state index in [0.29, 0.717) is 30.8 Å². The van der Waals surface area contributed by atoms with Crippen LogP contribution < -0.4 is 15.0 Å². The molecule has 42 heavy (non-hydrogen) atoms. The number of imide groups is 1. The summed E-state index contributed by atoms with van der Waals surface area (Å²) in [5.41, 5.74) is 2.05. The number of para-hydroxylation sites is 1. The predicted molar refractivity (Wildman–Crippen MR) is 165 cm³/mol. The van der Waals surface area contributed by atoms with E-state index in [4.69, 9.17) is 4.74 Å². The lowest BCUT2D eigenvalue weighted by Gasteiger charge is -2.35. The molecule has 0 bridgehead atoms. The number of nitrogens with one attached hydrogen (secondary N) is 2. The Kier molecular flexibility index (Phi) is 8.87. The summed E-state index contributed by atoms with van der Waals surface area (Å²) in [6, 6.07) is 12.3. The van der Waals surface area contributed by atoms with Crippen LogP contribution in [-0.2, 0) is 16.8 Å². The van der Waals surface area contributed by atoms with Crippen molar-refractivity contribution in [2.75, 3.05) is 44.7 Å². The first kappa shape index (κ1) is 29.6. The van der Waals surface area contributed by atoms with E-state index < -0.39 is 11.6 Å². The highest BCUT2D eigenvalue weighted by Gasteiger charge is 2.59. The molecule has 1 unspecified atom stereocenters. The van der Waals surface area contributed by atoms with Gasteiger partial charge in [0, 0.05) is 24.0 Å². The minimum absolute atomic E-state index is 0.284. The zero-order valence-corrected chi connectivity index (χ0v) is 25.3. The Bertz CT molecular complexity index is 1460.